The highest BCUT2D eigenvalue weighted by molar-refractivity contribution is 7.92. The first-order valence-corrected chi connectivity index (χ1v) is 14.9. The topological polar surface area (TPSA) is 81.4 Å². The van der Waals surface area contributed by atoms with Crippen molar-refractivity contribution in [1.82, 2.24) is 5.16 Å². The lowest BCUT2D eigenvalue weighted by molar-refractivity contribution is 0.299. The zero-order valence-corrected chi connectivity index (χ0v) is 23.9. The van der Waals surface area contributed by atoms with Crippen molar-refractivity contribution in [3.05, 3.63) is 100 Å². The van der Waals surface area contributed by atoms with Gasteiger partial charge in [-0.15, -0.1) is 0 Å². The molecule has 9 heteroatoms. The SMILES string of the molecule is CC(C)c1onc(-c2c(Cl)cccc2Cl)c1COc1ccc2cc(-c3cccc(NS(C)(=O)=O)c3)ccc2c1. The van der Waals surface area contributed by atoms with Crippen molar-refractivity contribution < 1.29 is 17.7 Å². The van der Waals surface area contributed by atoms with Crippen LogP contribution in [-0.2, 0) is 16.6 Å². The molecule has 0 aliphatic carbocycles. The van der Waals surface area contributed by atoms with Gasteiger partial charge in [0.15, 0.2) is 0 Å². The molecule has 0 saturated carbocycles. The van der Waals surface area contributed by atoms with Gasteiger partial charge >= 0.3 is 0 Å². The van der Waals surface area contributed by atoms with E-state index in [0.29, 0.717) is 32.7 Å². The molecule has 0 aliphatic rings. The summed E-state index contributed by atoms with van der Waals surface area (Å²) in [7, 11) is -3.35. The highest BCUT2D eigenvalue weighted by atomic mass is 35.5. The van der Waals surface area contributed by atoms with Crippen molar-refractivity contribution in [1.29, 1.82) is 0 Å². The summed E-state index contributed by atoms with van der Waals surface area (Å²) in [5.41, 5.74) is 4.40. The highest BCUT2D eigenvalue weighted by Gasteiger charge is 2.23. The lowest BCUT2D eigenvalue weighted by Gasteiger charge is -2.12. The Balaban J connectivity index is 1.41. The monoisotopic (exact) mass is 580 g/mol. The van der Waals surface area contributed by atoms with Crippen LogP contribution in [0.2, 0.25) is 10.0 Å². The van der Waals surface area contributed by atoms with Crippen molar-refractivity contribution in [2.75, 3.05) is 11.0 Å². The van der Waals surface area contributed by atoms with Gasteiger partial charge in [0.2, 0.25) is 10.0 Å². The number of rotatable bonds is 8. The van der Waals surface area contributed by atoms with E-state index >= 15 is 0 Å². The second-order valence-corrected chi connectivity index (χ2v) is 12.2. The molecule has 1 N–H and O–H groups in total. The summed E-state index contributed by atoms with van der Waals surface area (Å²) in [5.74, 6) is 1.51. The Bertz CT molecular complexity index is 1760. The average Bonchev–Trinajstić information content (AvgIpc) is 3.30. The van der Waals surface area contributed by atoms with Crippen LogP contribution < -0.4 is 9.46 Å². The molecule has 39 heavy (non-hydrogen) atoms. The summed E-state index contributed by atoms with van der Waals surface area (Å²) in [6.45, 7) is 4.29. The number of hydrogen-bond acceptors (Lipinski definition) is 5. The van der Waals surface area contributed by atoms with Gasteiger partial charge in [-0.3, -0.25) is 4.72 Å². The van der Waals surface area contributed by atoms with Crippen LogP contribution in [0.25, 0.3) is 33.2 Å². The molecule has 0 amide bonds. The number of ether oxygens (including phenoxy) is 1. The van der Waals surface area contributed by atoms with Gasteiger partial charge in [-0.05, 0) is 64.4 Å². The van der Waals surface area contributed by atoms with E-state index in [9.17, 15) is 8.42 Å². The minimum Gasteiger partial charge on any atom is -0.489 e. The van der Waals surface area contributed by atoms with E-state index in [0.717, 1.165) is 39.5 Å². The average molecular weight is 582 g/mol. The summed E-state index contributed by atoms with van der Waals surface area (Å²) in [6.07, 6.45) is 1.13. The first kappa shape index (κ1) is 27.1. The van der Waals surface area contributed by atoms with E-state index in [1.54, 1.807) is 24.3 Å². The summed E-state index contributed by atoms with van der Waals surface area (Å²) in [4.78, 5) is 0. The lowest BCUT2D eigenvalue weighted by Crippen LogP contribution is -2.09. The molecule has 1 heterocycles. The van der Waals surface area contributed by atoms with Crippen LogP contribution in [0.15, 0.2) is 83.4 Å². The van der Waals surface area contributed by atoms with E-state index in [4.69, 9.17) is 32.5 Å². The Morgan fingerprint density at radius 2 is 1.56 bits per heavy atom. The number of nitrogens with one attached hydrogen (secondary N) is 1. The summed E-state index contributed by atoms with van der Waals surface area (Å²) >= 11 is 12.9. The summed E-state index contributed by atoms with van der Waals surface area (Å²) in [6, 6.07) is 24.6. The van der Waals surface area contributed by atoms with Gasteiger partial charge < -0.3 is 9.26 Å². The van der Waals surface area contributed by atoms with E-state index < -0.39 is 10.0 Å². The number of anilines is 1. The molecular weight excluding hydrogens is 555 g/mol. The highest BCUT2D eigenvalue weighted by Crippen LogP contribution is 2.39. The van der Waals surface area contributed by atoms with Gasteiger partial charge in [0.05, 0.1) is 21.9 Å². The minimum absolute atomic E-state index is 0.0901. The van der Waals surface area contributed by atoms with Crippen LogP contribution in [0.3, 0.4) is 0 Å². The number of halogens is 2. The maximum absolute atomic E-state index is 11.6. The van der Waals surface area contributed by atoms with Crippen molar-refractivity contribution in [3.63, 3.8) is 0 Å². The number of nitrogens with zero attached hydrogens (tertiary/aromatic N) is 1. The van der Waals surface area contributed by atoms with Gasteiger partial charge in [0.25, 0.3) is 0 Å². The molecule has 1 aromatic heterocycles. The normalized spacial score (nSPS) is 11.7. The maximum Gasteiger partial charge on any atom is 0.229 e. The van der Waals surface area contributed by atoms with Gasteiger partial charge in [-0.25, -0.2) is 8.42 Å². The molecule has 200 valence electrons. The van der Waals surface area contributed by atoms with Crippen molar-refractivity contribution in [2.24, 2.45) is 0 Å². The third kappa shape index (κ3) is 6.06. The standard InChI is InChI=1S/C30H26Cl2N2O4S/c1-18(2)30-25(29(33-38-30)28-26(31)8-5-9-27(28)32)17-37-24-13-12-21-14-20(10-11-22(21)16-24)19-6-4-7-23(15-19)34-39(3,35)36/h4-16,18,34H,17H2,1-3H3. The number of sulfonamides is 1. The fraction of sp³-hybridized carbons (Fsp3) is 0.167. The molecule has 0 fully saturated rings. The van der Waals surface area contributed by atoms with Gasteiger partial charge in [-0.1, -0.05) is 78.6 Å². The molecule has 0 aliphatic heterocycles. The molecule has 6 nitrogen and oxygen atoms in total. The van der Waals surface area contributed by atoms with Crippen LogP contribution in [0, 0.1) is 0 Å². The number of benzene rings is 4. The Kier molecular flexibility index (Phi) is 7.58. The largest absolute Gasteiger partial charge is 0.489 e. The fourth-order valence-electron chi connectivity index (χ4n) is 4.46. The molecule has 0 saturated heterocycles. The molecule has 0 unspecified atom stereocenters. The molecule has 0 radical (unpaired) electrons. The van der Waals surface area contributed by atoms with Crippen LogP contribution in [0.5, 0.6) is 5.75 Å². The van der Waals surface area contributed by atoms with Crippen LogP contribution in [0.1, 0.15) is 31.1 Å². The molecule has 0 bridgehead atoms. The first-order valence-electron chi connectivity index (χ1n) is 12.3. The zero-order chi connectivity index (χ0) is 27.7. The molecule has 0 spiro atoms. The van der Waals surface area contributed by atoms with Crippen LogP contribution in [0.4, 0.5) is 5.69 Å². The van der Waals surface area contributed by atoms with Crippen LogP contribution >= 0.6 is 23.2 Å². The Morgan fingerprint density at radius 1 is 0.897 bits per heavy atom. The van der Waals surface area contributed by atoms with E-state index in [2.05, 4.69) is 15.9 Å². The molecular formula is C30H26Cl2N2O4S. The van der Waals surface area contributed by atoms with Gasteiger partial charge in [0, 0.05) is 17.2 Å². The summed E-state index contributed by atoms with van der Waals surface area (Å²) < 4.78 is 37.7. The minimum atomic E-state index is -3.35. The van der Waals surface area contributed by atoms with Gasteiger partial charge in [-0.2, -0.15) is 0 Å². The molecule has 5 rings (SSSR count). The van der Waals surface area contributed by atoms with Crippen molar-refractivity contribution >= 4 is 49.7 Å². The van der Waals surface area contributed by atoms with Crippen LogP contribution in [-0.4, -0.2) is 19.8 Å². The molecule has 0 atom stereocenters. The third-order valence-corrected chi connectivity index (χ3v) is 7.47. The van der Waals surface area contributed by atoms with Crippen molar-refractivity contribution in [3.8, 4) is 28.1 Å². The van der Waals surface area contributed by atoms with E-state index in [-0.39, 0.29) is 12.5 Å². The fourth-order valence-corrected chi connectivity index (χ4v) is 5.59. The summed E-state index contributed by atoms with van der Waals surface area (Å²) in [5, 5.41) is 7.31. The Morgan fingerprint density at radius 3 is 2.28 bits per heavy atom. The molecule has 5 aromatic rings. The second kappa shape index (κ2) is 10.9. The van der Waals surface area contributed by atoms with E-state index in [1.807, 2.05) is 62.4 Å². The number of fused-ring (bicyclic) bond motifs is 1. The van der Waals surface area contributed by atoms with Crippen molar-refractivity contribution in [2.45, 2.75) is 26.4 Å². The zero-order valence-electron chi connectivity index (χ0n) is 21.5. The third-order valence-electron chi connectivity index (χ3n) is 6.24. The second-order valence-electron chi connectivity index (χ2n) is 9.59. The quantitative estimate of drug-likeness (QED) is 0.199. The predicted molar refractivity (Wildman–Crippen MR) is 158 cm³/mol. The number of hydrogen-bond donors (Lipinski definition) is 1. The maximum atomic E-state index is 11.6. The van der Waals surface area contributed by atoms with E-state index in [1.165, 1.54) is 0 Å². The Labute approximate surface area is 237 Å². The van der Waals surface area contributed by atoms with Gasteiger partial charge in [0.1, 0.15) is 23.8 Å². The Hall–Kier alpha value is -3.52. The lowest BCUT2D eigenvalue weighted by atomic mass is 10.0. The molecule has 4 aromatic carbocycles. The first-order chi connectivity index (χ1) is 18.6. The smallest absolute Gasteiger partial charge is 0.229 e. The predicted octanol–water partition coefficient (Wildman–Crippen LogP) is 8.54. The number of aromatic nitrogens is 1.